The van der Waals surface area contributed by atoms with Crippen molar-refractivity contribution in [2.75, 3.05) is 26.6 Å². The summed E-state index contributed by atoms with van der Waals surface area (Å²) in [7, 11) is 4.65. The number of hydrogen-bond acceptors (Lipinski definition) is 10. The van der Waals surface area contributed by atoms with Crippen LogP contribution in [0.1, 0.15) is 68.4 Å². The second kappa shape index (κ2) is 14.0. The molecule has 1 heterocycles. The molecule has 230 valence electrons. The van der Waals surface area contributed by atoms with Gasteiger partial charge in [-0.2, -0.15) is 4.98 Å². The second-order valence-corrected chi connectivity index (χ2v) is 10.4. The number of aryl methyl sites for hydroxylation is 2. The zero-order chi connectivity index (χ0) is 31.1. The number of fused-ring (bicyclic) bond motifs is 3. The van der Waals surface area contributed by atoms with Gasteiger partial charge >= 0.3 is 0 Å². The van der Waals surface area contributed by atoms with Crippen LogP contribution in [0.2, 0.25) is 0 Å². The molecule has 12 nitrogen and oxygen atoms in total. The standard InChI is InChI=1S/C31H39N5O7/c1-7-8-9-24(31(39)32-16-27-33-17(2)36-43-27)35-23-13-11-20-21(15-25(23)38)22(34-18(3)37)12-10-19-14-26(40-4)29(41-5)30(42-6)28(19)20/h11,13-15,22,24H,7-10,12,16H2,1-6H3,(H,32,39)(H,34,37)(H,35,38)/t22-,24?/m0/s1. The molecule has 0 bridgehead atoms. The first kappa shape index (κ1) is 31.3. The minimum absolute atomic E-state index is 0.0747. The van der Waals surface area contributed by atoms with E-state index >= 15 is 0 Å². The topological polar surface area (TPSA) is 154 Å². The van der Waals surface area contributed by atoms with E-state index in [1.165, 1.54) is 20.1 Å². The Bertz CT molecular complexity index is 1540. The van der Waals surface area contributed by atoms with Gasteiger partial charge in [0.25, 0.3) is 0 Å². The first-order valence-electron chi connectivity index (χ1n) is 14.3. The SMILES string of the molecule is CCCCC(Nc1ccc2c(cc1=O)[C@@H](NC(C)=O)CCc1cc(OC)c(OC)c(OC)c1-2)C(=O)NCc1nc(C)no1. The summed E-state index contributed by atoms with van der Waals surface area (Å²) in [4.78, 5) is 43.3. The van der Waals surface area contributed by atoms with Gasteiger partial charge in [-0.25, -0.2) is 0 Å². The molecule has 1 aromatic heterocycles. The summed E-state index contributed by atoms with van der Waals surface area (Å²) >= 11 is 0. The number of unbranched alkanes of at least 4 members (excludes halogenated alkanes) is 1. The van der Waals surface area contributed by atoms with Gasteiger partial charge in [0.15, 0.2) is 17.3 Å². The van der Waals surface area contributed by atoms with E-state index in [2.05, 4.69) is 26.1 Å². The van der Waals surface area contributed by atoms with E-state index in [1.807, 2.05) is 19.1 Å². The van der Waals surface area contributed by atoms with Gasteiger partial charge in [0.05, 0.1) is 39.6 Å². The Hall–Kier alpha value is -4.61. The molecule has 1 unspecified atom stereocenters. The number of nitrogens with one attached hydrogen (secondary N) is 3. The molecule has 3 aromatic rings. The van der Waals surface area contributed by atoms with Crippen LogP contribution in [0.25, 0.3) is 11.1 Å². The number of rotatable bonds is 12. The second-order valence-electron chi connectivity index (χ2n) is 10.4. The zero-order valence-electron chi connectivity index (χ0n) is 25.5. The Kier molecular flexibility index (Phi) is 10.2. The third kappa shape index (κ3) is 7.07. The molecule has 12 heteroatoms. The first-order chi connectivity index (χ1) is 20.7. The molecule has 0 radical (unpaired) electrons. The highest BCUT2D eigenvalue weighted by molar-refractivity contribution is 5.86. The number of carbonyl (C=O) groups excluding carboxylic acids is 2. The smallest absolute Gasteiger partial charge is 0.246 e. The van der Waals surface area contributed by atoms with Crippen molar-refractivity contribution in [2.45, 2.75) is 71.5 Å². The Morgan fingerprint density at radius 1 is 1.12 bits per heavy atom. The van der Waals surface area contributed by atoms with Gasteiger partial charge in [-0.3, -0.25) is 14.4 Å². The number of hydrogen-bond donors (Lipinski definition) is 3. The normalized spacial score (nSPS) is 14.4. The van der Waals surface area contributed by atoms with Crippen molar-refractivity contribution in [3.8, 4) is 28.4 Å². The third-order valence-electron chi connectivity index (χ3n) is 7.39. The zero-order valence-corrected chi connectivity index (χ0v) is 25.5. The lowest BCUT2D eigenvalue weighted by Gasteiger charge is -2.19. The summed E-state index contributed by atoms with van der Waals surface area (Å²) in [5, 5.41) is 12.8. The predicted molar refractivity (Wildman–Crippen MR) is 161 cm³/mol. The number of aromatic nitrogens is 2. The highest BCUT2D eigenvalue weighted by atomic mass is 16.5. The summed E-state index contributed by atoms with van der Waals surface area (Å²) in [6.07, 6.45) is 3.28. The summed E-state index contributed by atoms with van der Waals surface area (Å²) < 4.78 is 22.2. The fourth-order valence-electron chi connectivity index (χ4n) is 5.39. The number of amides is 2. The van der Waals surface area contributed by atoms with E-state index < -0.39 is 12.1 Å². The Morgan fingerprint density at radius 3 is 2.51 bits per heavy atom. The lowest BCUT2D eigenvalue weighted by Crippen LogP contribution is -2.40. The van der Waals surface area contributed by atoms with E-state index in [-0.39, 0.29) is 29.5 Å². The third-order valence-corrected chi connectivity index (χ3v) is 7.39. The lowest BCUT2D eigenvalue weighted by atomic mass is 9.95. The van der Waals surface area contributed by atoms with E-state index in [0.29, 0.717) is 59.4 Å². The summed E-state index contributed by atoms with van der Waals surface area (Å²) in [6.45, 7) is 5.26. The van der Waals surface area contributed by atoms with Gasteiger partial charge in [-0.1, -0.05) is 31.0 Å². The Labute approximate surface area is 250 Å². The molecule has 0 aliphatic heterocycles. The Morgan fingerprint density at radius 2 is 1.88 bits per heavy atom. The fourth-order valence-corrected chi connectivity index (χ4v) is 5.39. The molecule has 1 aliphatic carbocycles. The summed E-state index contributed by atoms with van der Waals surface area (Å²) in [6, 6.07) is 5.80. The molecular formula is C31H39N5O7. The van der Waals surface area contributed by atoms with Crippen LogP contribution in [0.5, 0.6) is 17.2 Å². The molecule has 2 amide bonds. The number of methoxy groups -OCH3 is 3. The molecular weight excluding hydrogens is 554 g/mol. The van der Waals surface area contributed by atoms with Gasteiger partial charge in [0, 0.05) is 12.5 Å². The molecule has 2 atom stereocenters. The summed E-state index contributed by atoms with van der Waals surface area (Å²) in [5.41, 5.74) is 2.95. The largest absolute Gasteiger partial charge is 0.493 e. The van der Waals surface area contributed by atoms with Gasteiger partial charge in [-0.15, -0.1) is 0 Å². The minimum Gasteiger partial charge on any atom is -0.493 e. The maximum Gasteiger partial charge on any atom is 0.246 e. The number of nitrogens with zero attached hydrogens (tertiary/aromatic N) is 2. The fraction of sp³-hybridized carbons (Fsp3) is 0.452. The van der Waals surface area contributed by atoms with Crippen LogP contribution in [0.15, 0.2) is 33.6 Å². The first-order valence-corrected chi connectivity index (χ1v) is 14.3. The molecule has 0 spiro atoms. The van der Waals surface area contributed by atoms with Crippen molar-refractivity contribution in [3.63, 3.8) is 0 Å². The molecule has 0 saturated heterocycles. The van der Waals surface area contributed by atoms with E-state index in [1.54, 1.807) is 27.2 Å². The molecule has 43 heavy (non-hydrogen) atoms. The molecule has 0 fully saturated rings. The van der Waals surface area contributed by atoms with Crippen molar-refractivity contribution in [3.05, 3.63) is 57.3 Å². The number of ether oxygens (including phenoxy) is 3. The van der Waals surface area contributed by atoms with Gasteiger partial charge in [-0.05, 0) is 61.1 Å². The summed E-state index contributed by atoms with van der Waals surface area (Å²) in [5.74, 6) is 1.67. The van der Waals surface area contributed by atoms with Gasteiger partial charge < -0.3 is 34.7 Å². The van der Waals surface area contributed by atoms with Crippen LogP contribution < -0.4 is 35.6 Å². The number of benzene rings is 1. The van der Waals surface area contributed by atoms with Crippen molar-refractivity contribution < 1.29 is 28.3 Å². The highest BCUT2D eigenvalue weighted by Crippen LogP contribution is 2.50. The monoisotopic (exact) mass is 593 g/mol. The number of anilines is 1. The molecule has 3 N–H and O–H groups in total. The lowest BCUT2D eigenvalue weighted by molar-refractivity contribution is -0.122. The quantitative estimate of drug-likeness (QED) is 0.282. The molecule has 2 aromatic carbocycles. The van der Waals surface area contributed by atoms with E-state index in [4.69, 9.17) is 18.7 Å². The highest BCUT2D eigenvalue weighted by Gasteiger charge is 2.30. The molecule has 4 rings (SSSR count). The van der Waals surface area contributed by atoms with Crippen LogP contribution >= 0.6 is 0 Å². The van der Waals surface area contributed by atoms with Crippen molar-refractivity contribution in [1.82, 2.24) is 20.8 Å². The van der Waals surface area contributed by atoms with Gasteiger partial charge in [0.2, 0.25) is 28.9 Å². The van der Waals surface area contributed by atoms with Crippen LogP contribution in [-0.4, -0.2) is 49.3 Å². The average Bonchev–Trinajstić information content (AvgIpc) is 3.27. The van der Waals surface area contributed by atoms with Crippen LogP contribution in [-0.2, 0) is 22.6 Å². The van der Waals surface area contributed by atoms with Crippen LogP contribution in [0.3, 0.4) is 0 Å². The van der Waals surface area contributed by atoms with Crippen LogP contribution in [0, 0.1) is 6.92 Å². The molecule has 1 aliphatic rings. The minimum atomic E-state index is -0.684. The molecule has 0 saturated carbocycles. The maximum atomic E-state index is 13.7. The average molecular weight is 594 g/mol. The number of carbonyl (C=O) groups is 2. The predicted octanol–water partition coefficient (Wildman–Crippen LogP) is 3.84. The van der Waals surface area contributed by atoms with Gasteiger partial charge in [0.1, 0.15) is 6.04 Å². The van der Waals surface area contributed by atoms with E-state index in [9.17, 15) is 14.4 Å². The Balaban J connectivity index is 1.79. The van der Waals surface area contributed by atoms with Crippen molar-refractivity contribution in [2.24, 2.45) is 0 Å². The van der Waals surface area contributed by atoms with E-state index in [0.717, 1.165) is 24.0 Å². The van der Waals surface area contributed by atoms with Crippen molar-refractivity contribution in [1.29, 1.82) is 0 Å². The van der Waals surface area contributed by atoms with Crippen molar-refractivity contribution >= 4 is 17.5 Å². The maximum absolute atomic E-state index is 13.7. The van der Waals surface area contributed by atoms with Crippen LogP contribution in [0.4, 0.5) is 5.69 Å².